The van der Waals surface area contributed by atoms with Gasteiger partial charge in [0.25, 0.3) is 0 Å². The number of hydrogen-bond acceptors (Lipinski definition) is 2. The van der Waals surface area contributed by atoms with E-state index in [2.05, 4.69) is 29.7 Å². The Kier molecular flexibility index (Phi) is 5.40. The first-order valence-corrected chi connectivity index (χ1v) is 5.94. The quantitative estimate of drug-likeness (QED) is 0.677. The predicted molar refractivity (Wildman–Crippen MR) is 62.7 cm³/mol. The molecule has 1 amide bonds. The third-order valence-corrected chi connectivity index (χ3v) is 2.66. The summed E-state index contributed by atoms with van der Waals surface area (Å²) in [7, 11) is 0. The van der Waals surface area contributed by atoms with Crippen molar-refractivity contribution in [3.63, 3.8) is 0 Å². The van der Waals surface area contributed by atoms with Crippen molar-refractivity contribution in [3.8, 4) is 0 Å². The molecule has 3 heteroatoms. The molecular weight excluding hydrogens is 188 g/mol. The summed E-state index contributed by atoms with van der Waals surface area (Å²) >= 11 is 0. The van der Waals surface area contributed by atoms with E-state index in [1.54, 1.807) is 0 Å². The number of rotatable bonds is 5. The van der Waals surface area contributed by atoms with E-state index >= 15 is 0 Å². The lowest BCUT2D eigenvalue weighted by Gasteiger charge is -2.22. The van der Waals surface area contributed by atoms with Crippen LogP contribution in [0.3, 0.4) is 0 Å². The Labute approximate surface area is 92.3 Å². The van der Waals surface area contributed by atoms with E-state index in [-0.39, 0.29) is 11.9 Å². The average Bonchev–Trinajstić information content (AvgIpc) is 2.27. The molecule has 0 aliphatic heterocycles. The van der Waals surface area contributed by atoms with Gasteiger partial charge >= 0.3 is 0 Å². The van der Waals surface area contributed by atoms with Crippen LogP contribution >= 0.6 is 0 Å². The smallest absolute Gasteiger partial charge is 0.236 e. The Morgan fingerprint density at radius 1 is 1.60 bits per heavy atom. The SMILES string of the molecule is CCCNC(=O)C(C)NC1C=CCCC1. The molecule has 0 saturated heterocycles. The van der Waals surface area contributed by atoms with Gasteiger partial charge in [-0.2, -0.15) is 0 Å². The highest BCUT2D eigenvalue weighted by Gasteiger charge is 2.16. The second kappa shape index (κ2) is 6.62. The maximum absolute atomic E-state index is 11.6. The van der Waals surface area contributed by atoms with Crippen LogP contribution in [-0.2, 0) is 4.79 Å². The topological polar surface area (TPSA) is 41.1 Å². The molecule has 0 aromatic rings. The summed E-state index contributed by atoms with van der Waals surface area (Å²) in [4.78, 5) is 11.6. The van der Waals surface area contributed by atoms with Gasteiger partial charge in [0.1, 0.15) is 0 Å². The first-order chi connectivity index (χ1) is 7.24. The first-order valence-electron chi connectivity index (χ1n) is 5.94. The summed E-state index contributed by atoms with van der Waals surface area (Å²) in [6.07, 6.45) is 8.89. The van der Waals surface area contributed by atoms with Crippen molar-refractivity contribution >= 4 is 5.91 Å². The molecule has 1 aliphatic carbocycles. The van der Waals surface area contributed by atoms with Crippen LogP contribution in [0.1, 0.15) is 39.5 Å². The lowest BCUT2D eigenvalue weighted by Crippen LogP contribution is -2.46. The number of nitrogens with one attached hydrogen (secondary N) is 2. The lowest BCUT2D eigenvalue weighted by atomic mass is 10.0. The Hall–Kier alpha value is -0.830. The molecule has 2 atom stereocenters. The zero-order valence-corrected chi connectivity index (χ0v) is 9.75. The average molecular weight is 210 g/mol. The summed E-state index contributed by atoms with van der Waals surface area (Å²) in [5, 5.41) is 6.22. The third-order valence-electron chi connectivity index (χ3n) is 2.66. The van der Waals surface area contributed by atoms with Gasteiger partial charge in [0.15, 0.2) is 0 Å². The van der Waals surface area contributed by atoms with E-state index in [0.29, 0.717) is 6.04 Å². The number of carbonyl (C=O) groups is 1. The van der Waals surface area contributed by atoms with Crippen molar-refractivity contribution in [2.75, 3.05) is 6.54 Å². The summed E-state index contributed by atoms with van der Waals surface area (Å²) < 4.78 is 0. The van der Waals surface area contributed by atoms with E-state index in [1.165, 1.54) is 12.8 Å². The van der Waals surface area contributed by atoms with E-state index in [0.717, 1.165) is 19.4 Å². The van der Waals surface area contributed by atoms with E-state index < -0.39 is 0 Å². The number of allylic oxidation sites excluding steroid dienone is 1. The van der Waals surface area contributed by atoms with Crippen molar-refractivity contribution < 1.29 is 4.79 Å². The highest BCUT2D eigenvalue weighted by Crippen LogP contribution is 2.10. The van der Waals surface area contributed by atoms with Crippen molar-refractivity contribution in [2.24, 2.45) is 0 Å². The molecule has 1 aliphatic rings. The highest BCUT2D eigenvalue weighted by molar-refractivity contribution is 5.81. The van der Waals surface area contributed by atoms with Gasteiger partial charge in [-0.05, 0) is 32.6 Å². The van der Waals surface area contributed by atoms with Gasteiger partial charge in [0.05, 0.1) is 6.04 Å². The van der Waals surface area contributed by atoms with Gasteiger partial charge in [-0.1, -0.05) is 19.1 Å². The fourth-order valence-electron chi connectivity index (χ4n) is 1.75. The fraction of sp³-hybridized carbons (Fsp3) is 0.750. The minimum atomic E-state index is -0.0932. The van der Waals surface area contributed by atoms with Crippen molar-refractivity contribution in [1.82, 2.24) is 10.6 Å². The Balaban J connectivity index is 2.27. The summed E-state index contributed by atoms with van der Waals surface area (Å²) in [5.74, 6) is 0.107. The summed E-state index contributed by atoms with van der Waals surface area (Å²) in [6, 6.07) is 0.283. The third kappa shape index (κ3) is 4.47. The summed E-state index contributed by atoms with van der Waals surface area (Å²) in [6.45, 7) is 4.75. The molecule has 0 aromatic heterocycles. The van der Waals surface area contributed by atoms with Gasteiger partial charge in [0, 0.05) is 12.6 Å². The molecule has 0 aromatic carbocycles. The molecule has 0 heterocycles. The van der Waals surface area contributed by atoms with Crippen LogP contribution in [0, 0.1) is 0 Å². The van der Waals surface area contributed by atoms with Crippen LogP contribution in [0.2, 0.25) is 0 Å². The van der Waals surface area contributed by atoms with Gasteiger partial charge in [-0.25, -0.2) is 0 Å². The maximum Gasteiger partial charge on any atom is 0.236 e. The first kappa shape index (κ1) is 12.2. The van der Waals surface area contributed by atoms with Crippen LogP contribution in [0.4, 0.5) is 0 Å². The lowest BCUT2D eigenvalue weighted by molar-refractivity contribution is -0.122. The Morgan fingerprint density at radius 2 is 2.40 bits per heavy atom. The van der Waals surface area contributed by atoms with Crippen LogP contribution in [-0.4, -0.2) is 24.5 Å². The largest absolute Gasteiger partial charge is 0.355 e. The molecule has 3 nitrogen and oxygen atoms in total. The zero-order chi connectivity index (χ0) is 11.1. The highest BCUT2D eigenvalue weighted by atomic mass is 16.2. The Morgan fingerprint density at radius 3 is 3.00 bits per heavy atom. The molecule has 0 radical (unpaired) electrons. The van der Waals surface area contributed by atoms with Crippen molar-refractivity contribution in [3.05, 3.63) is 12.2 Å². The predicted octanol–water partition coefficient (Wildman–Crippen LogP) is 1.60. The van der Waals surface area contributed by atoms with E-state index in [9.17, 15) is 4.79 Å². The molecule has 0 spiro atoms. The van der Waals surface area contributed by atoms with E-state index in [4.69, 9.17) is 0 Å². The molecule has 86 valence electrons. The minimum absolute atomic E-state index is 0.0932. The van der Waals surface area contributed by atoms with Crippen LogP contribution < -0.4 is 10.6 Å². The number of hydrogen-bond donors (Lipinski definition) is 2. The summed E-state index contributed by atoms with van der Waals surface area (Å²) in [5.41, 5.74) is 0. The fourth-order valence-corrected chi connectivity index (χ4v) is 1.75. The molecule has 0 fully saturated rings. The van der Waals surface area contributed by atoms with E-state index in [1.807, 2.05) is 6.92 Å². The molecule has 2 unspecified atom stereocenters. The van der Waals surface area contributed by atoms with Crippen LogP contribution in [0.25, 0.3) is 0 Å². The van der Waals surface area contributed by atoms with Gasteiger partial charge < -0.3 is 5.32 Å². The number of carbonyl (C=O) groups excluding carboxylic acids is 1. The van der Waals surface area contributed by atoms with Crippen LogP contribution in [0.15, 0.2) is 12.2 Å². The van der Waals surface area contributed by atoms with Crippen molar-refractivity contribution in [2.45, 2.75) is 51.6 Å². The van der Waals surface area contributed by atoms with Gasteiger partial charge in [-0.15, -0.1) is 0 Å². The standard InChI is InChI=1S/C12H22N2O/c1-3-9-13-12(15)10(2)14-11-7-5-4-6-8-11/h5,7,10-11,14H,3-4,6,8-9H2,1-2H3,(H,13,15). The zero-order valence-electron chi connectivity index (χ0n) is 9.75. The van der Waals surface area contributed by atoms with Crippen molar-refractivity contribution in [1.29, 1.82) is 0 Å². The Bertz CT molecular complexity index is 226. The maximum atomic E-state index is 11.6. The second-order valence-corrected chi connectivity index (χ2v) is 4.14. The minimum Gasteiger partial charge on any atom is -0.355 e. The molecule has 0 saturated carbocycles. The van der Waals surface area contributed by atoms with Gasteiger partial charge in [0.2, 0.25) is 5.91 Å². The molecular formula is C12H22N2O. The number of amides is 1. The molecule has 2 N–H and O–H groups in total. The van der Waals surface area contributed by atoms with Crippen LogP contribution in [0.5, 0.6) is 0 Å². The normalized spacial score (nSPS) is 22.4. The van der Waals surface area contributed by atoms with Gasteiger partial charge in [-0.3, -0.25) is 10.1 Å². The monoisotopic (exact) mass is 210 g/mol. The molecule has 0 bridgehead atoms. The molecule has 1 rings (SSSR count). The second-order valence-electron chi connectivity index (χ2n) is 4.14. The molecule has 15 heavy (non-hydrogen) atoms.